The molecule has 0 aliphatic carbocycles. The van der Waals surface area contributed by atoms with Gasteiger partial charge in [0, 0.05) is 55.8 Å². The molecular weight excluding hydrogens is 300 g/mol. The van der Waals surface area contributed by atoms with Gasteiger partial charge in [0.25, 0.3) is 0 Å². The molecule has 0 amide bonds. The second kappa shape index (κ2) is 7.13. The third kappa shape index (κ3) is 4.00. The highest BCUT2D eigenvalue weighted by Crippen LogP contribution is 2.20. The average molecular weight is 321 g/mol. The number of aromatic nitrogens is 2. The van der Waals surface area contributed by atoms with E-state index in [1.807, 2.05) is 30.5 Å². The number of nitrogens with zero attached hydrogens (tertiary/aromatic N) is 4. The summed E-state index contributed by atoms with van der Waals surface area (Å²) in [6.07, 6.45) is 3.22. The van der Waals surface area contributed by atoms with Gasteiger partial charge < -0.3 is 10.0 Å². The smallest absolute Gasteiger partial charge is 0.0862 e. The number of rotatable bonds is 5. The van der Waals surface area contributed by atoms with Gasteiger partial charge in [-0.25, -0.2) is 0 Å². The zero-order valence-corrected chi connectivity index (χ0v) is 13.2. The zero-order valence-electron chi connectivity index (χ0n) is 12.5. The van der Waals surface area contributed by atoms with Crippen molar-refractivity contribution in [2.45, 2.75) is 12.6 Å². The van der Waals surface area contributed by atoms with Crippen molar-refractivity contribution in [3.8, 4) is 0 Å². The minimum atomic E-state index is -0.391. The number of aliphatic hydroxyl groups is 1. The second-order valence-corrected chi connectivity index (χ2v) is 6.09. The molecule has 2 heterocycles. The predicted octanol–water partition coefficient (Wildman–Crippen LogP) is 1.72. The van der Waals surface area contributed by atoms with E-state index in [1.165, 1.54) is 5.69 Å². The fraction of sp³-hybridized carbons (Fsp3) is 0.438. The zero-order chi connectivity index (χ0) is 15.4. The van der Waals surface area contributed by atoms with Gasteiger partial charge in [-0.1, -0.05) is 17.7 Å². The minimum absolute atomic E-state index is 0.391. The van der Waals surface area contributed by atoms with Crippen LogP contribution in [0.4, 0.5) is 5.69 Å². The Bertz CT molecular complexity index is 582. The Morgan fingerprint density at radius 1 is 1.14 bits per heavy atom. The van der Waals surface area contributed by atoms with Gasteiger partial charge in [0.1, 0.15) is 0 Å². The maximum Gasteiger partial charge on any atom is 0.0862 e. The van der Waals surface area contributed by atoms with E-state index in [9.17, 15) is 5.11 Å². The largest absolute Gasteiger partial charge is 0.390 e. The summed E-state index contributed by atoms with van der Waals surface area (Å²) >= 11 is 6.05. The molecule has 1 aliphatic rings. The predicted molar refractivity (Wildman–Crippen MR) is 88.3 cm³/mol. The Hall–Kier alpha value is -1.56. The van der Waals surface area contributed by atoms with E-state index in [2.05, 4.69) is 21.0 Å². The summed E-state index contributed by atoms with van der Waals surface area (Å²) < 4.78 is 1.77. The molecule has 0 bridgehead atoms. The van der Waals surface area contributed by atoms with Crippen molar-refractivity contribution in [3.05, 3.63) is 47.7 Å². The fourth-order valence-corrected chi connectivity index (χ4v) is 3.03. The lowest BCUT2D eigenvalue weighted by Crippen LogP contribution is -2.49. The Labute approximate surface area is 135 Å². The Balaban J connectivity index is 1.47. The lowest BCUT2D eigenvalue weighted by Gasteiger charge is -2.37. The van der Waals surface area contributed by atoms with E-state index in [0.717, 1.165) is 31.2 Å². The van der Waals surface area contributed by atoms with E-state index in [-0.39, 0.29) is 0 Å². The van der Waals surface area contributed by atoms with Crippen molar-refractivity contribution >= 4 is 17.3 Å². The van der Waals surface area contributed by atoms with Crippen LogP contribution in [0.3, 0.4) is 0 Å². The van der Waals surface area contributed by atoms with Crippen molar-refractivity contribution in [1.82, 2.24) is 14.7 Å². The fourth-order valence-electron chi connectivity index (χ4n) is 2.84. The molecule has 1 aliphatic heterocycles. The van der Waals surface area contributed by atoms with Crippen LogP contribution in [-0.4, -0.2) is 58.6 Å². The second-order valence-electron chi connectivity index (χ2n) is 5.65. The molecule has 6 heteroatoms. The van der Waals surface area contributed by atoms with Crippen LogP contribution in [0.25, 0.3) is 0 Å². The molecule has 0 saturated carbocycles. The number of benzene rings is 1. The Morgan fingerprint density at radius 2 is 1.95 bits per heavy atom. The van der Waals surface area contributed by atoms with Crippen molar-refractivity contribution in [2.75, 3.05) is 37.6 Å². The number of hydrogen-bond donors (Lipinski definition) is 1. The van der Waals surface area contributed by atoms with Gasteiger partial charge in [-0.15, -0.1) is 0 Å². The molecule has 1 N–H and O–H groups in total. The van der Waals surface area contributed by atoms with E-state index < -0.39 is 6.10 Å². The van der Waals surface area contributed by atoms with Gasteiger partial charge in [0.15, 0.2) is 0 Å². The van der Waals surface area contributed by atoms with Crippen molar-refractivity contribution in [1.29, 1.82) is 0 Å². The van der Waals surface area contributed by atoms with Crippen LogP contribution in [0, 0.1) is 0 Å². The molecule has 0 spiro atoms. The molecule has 0 radical (unpaired) electrons. The molecule has 2 aromatic rings. The quantitative estimate of drug-likeness (QED) is 0.911. The van der Waals surface area contributed by atoms with Crippen LogP contribution in [0.5, 0.6) is 0 Å². The summed E-state index contributed by atoms with van der Waals surface area (Å²) in [5, 5.41) is 15.1. The summed E-state index contributed by atoms with van der Waals surface area (Å²) in [5.74, 6) is 0. The number of β-amino-alcohol motifs (C(OH)–C–C–N with tert-alkyl or cyclic N) is 1. The number of aliphatic hydroxyl groups excluding tert-OH is 1. The van der Waals surface area contributed by atoms with Crippen molar-refractivity contribution in [2.24, 2.45) is 0 Å². The third-order valence-electron chi connectivity index (χ3n) is 3.97. The summed E-state index contributed by atoms with van der Waals surface area (Å²) in [7, 11) is 0. The van der Waals surface area contributed by atoms with Gasteiger partial charge >= 0.3 is 0 Å². The SMILES string of the molecule is O[C@H](CN1CCN(c2cccc(Cl)c2)CC1)Cn1cccn1. The molecule has 3 rings (SSSR count). The first kappa shape index (κ1) is 15.3. The maximum atomic E-state index is 10.2. The molecule has 22 heavy (non-hydrogen) atoms. The highest BCUT2D eigenvalue weighted by Gasteiger charge is 2.19. The van der Waals surface area contributed by atoms with Crippen LogP contribution in [0.15, 0.2) is 42.7 Å². The topological polar surface area (TPSA) is 44.5 Å². The van der Waals surface area contributed by atoms with Gasteiger partial charge in [0.05, 0.1) is 12.6 Å². The Kier molecular flexibility index (Phi) is 4.97. The number of hydrogen-bond acceptors (Lipinski definition) is 4. The first-order valence-electron chi connectivity index (χ1n) is 7.59. The van der Waals surface area contributed by atoms with Gasteiger partial charge in [-0.2, -0.15) is 5.10 Å². The molecule has 1 fully saturated rings. The van der Waals surface area contributed by atoms with Crippen molar-refractivity contribution < 1.29 is 5.11 Å². The summed E-state index contributed by atoms with van der Waals surface area (Å²) in [6, 6.07) is 9.85. The van der Waals surface area contributed by atoms with Crippen LogP contribution in [0.2, 0.25) is 5.02 Å². The summed E-state index contributed by atoms with van der Waals surface area (Å²) in [5.41, 5.74) is 1.17. The standard InChI is InChI=1S/C16H21ClN4O/c17-14-3-1-4-15(11-14)20-9-7-19(8-10-20)12-16(22)13-21-6-2-5-18-21/h1-6,11,16,22H,7-10,12-13H2/t16-/m1/s1. The highest BCUT2D eigenvalue weighted by molar-refractivity contribution is 6.30. The molecule has 1 aromatic heterocycles. The maximum absolute atomic E-state index is 10.2. The van der Waals surface area contributed by atoms with Gasteiger partial charge in [-0.3, -0.25) is 9.58 Å². The molecular formula is C16H21ClN4O. The molecule has 5 nitrogen and oxygen atoms in total. The van der Waals surface area contributed by atoms with E-state index >= 15 is 0 Å². The molecule has 118 valence electrons. The molecule has 1 aromatic carbocycles. The number of anilines is 1. The van der Waals surface area contributed by atoms with Crippen LogP contribution >= 0.6 is 11.6 Å². The molecule has 1 saturated heterocycles. The first-order valence-corrected chi connectivity index (χ1v) is 7.97. The van der Waals surface area contributed by atoms with E-state index in [0.29, 0.717) is 13.1 Å². The van der Waals surface area contributed by atoms with Crippen LogP contribution in [0.1, 0.15) is 0 Å². The number of halogens is 1. The monoisotopic (exact) mass is 320 g/mol. The normalized spacial score (nSPS) is 17.6. The number of piperazine rings is 1. The first-order chi connectivity index (χ1) is 10.7. The summed E-state index contributed by atoms with van der Waals surface area (Å²) in [6.45, 7) is 5.03. The van der Waals surface area contributed by atoms with E-state index in [4.69, 9.17) is 11.6 Å². The van der Waals surface area contributed by atoms with Gasteiger partial charge in [0.2, 0.25) is 0 Å². The minimum Gasteiger partial charge on any atom is -0.390 e. The lowest BCUT2D eigenvalue weighted by molar-refractivity contribution is 0.0921. The molecule has 0 unspecified atom stereocenters. The third-order valence-corrected chi connectivity index (χ3v) is 4.21. The lowest BCUT2D eigenvalue weighted by atomic mass is 10.2. The highest BCUT2D eigenvalue weighted by atomic mass is 35.5. The molecule has 1 atom stereocenters. The Morgan fingerprint density at radius 3 is 2.64 bits per heavy atom. The van der Waals surface area contributed by atoms with Crippen LogP contribution < -0.4 is 4.90 Å². The van der Waals surface area contributed by atoms with Gasteiger partial charge in [-0.05, 0) is 24.3 Å². The van der Waals surface area contributed by atoms with E-state index in [1.54, 1.807) is 10.9 Å². The summed E-state index contributed by atoms with van der Waals surface area (Å²) in [4.78, 5) is 4.64. The van der Waals surface area contributed by atoms with Crippen molar-refractivity contribution in [3.63, 3.8) is 0 Å². The van der Waals surface area contributed by atoms with Crippen LogP contribution in [-0.2, 0) is 6.54 Å². The average Bonchev–Trinajstić information content (AvgIpc) is 3.01.